The van der Waals surface area contributed by atoms with Crippen LogP contribution in [0.15, 0.2) is 103 Å². The highest BCUT2D eigenvalue weighted by atomic mass is 16.7. The van der Waals surface area contributed by atoms with Crippen LogP contribution < -0.4 is 16.4 Å². The molecule has 0 unspecified atom stereocenters. The normalized spacial score (nSPS) is 17.5. The maximum Gasteiger partial charge on any atom is 0.224 e. The lowest BCUT2D eigenvalue weighted by Crippen LogP contribution is -2.32. The summed E-state index contributed by atoms with van der Waals surface area (Å²) in [6.45, 7) is 0.610. The third-order valence-corrected chi connectivity index (χ3v) is 8.80. The van der Waals surface area contributed by atoms with Crippen LogP contribution in [0.1, 0.15) is 74.0 Å². The third-order valence-electron chi connectivity index (χ3n) is 8.80. The molecular formula is C39H43N5O5. The van der Waals surface area contributed by atoms with Crippen LogP contribution in [0.25, 0.3) is 11.0 Å². The number of ether oxygens (including phenoxy) is 2. The highest BCUT2D eigenvalue weighted by Gasteiger charge is 2.32. The standard InChI is InChI=1S/C39H43N5O5/c40-32-9-5-6-10-33(32)43-38(47)14-4-2-1-3-13-37(46)42-30-21-19-29(20-22-30)39-48-31(24-44-26-41-34-11-7-8-12-35(34)44)23-36(49-39)28-17-15-27(25-45)16-18-28/h5-12,15-22,26,31,36,39,45H,1-4,13-14,23-25,40H2,(H,42,46)(H,43,47)/t31-,36+,39+/m1/s1. The summed E-state index contributed by atoms with van der Waals surface area (Å²) in [5.41, 5.74) is 12.5. The van der Waals surface area contributed by atoms with Gasteiger partial charge in [-0.1, -0.05) is 73.5 Å². The lowest BCUT2D eigenvalue weighted by Gasteiger charge is -2.36. The largest absolute Gasteiger partial charge is 0.397 e. The lowest BCUT2D eigenvalue weighted by atomic mass is 10.00. The molecule has 5 N–H and O–H groups in total. The van der Waals surface area contributed by atoms with Gasteiger partial charge in [-0.15, -0.1) is 0 Å². The summed E-state index contributed by atoms with van der Waals surface area (Å²) in [4.78, 5) is 29.4. The Morgan fingerprint density at radius 2 is 1.47 bits per heavy atom. The number of unbranched alkanes of at least 4 members (excludes halogenated alkanes) is 3. The van der Waals surface area contributed by atoms with Crippen molar-refractivity contribution in [3.8, 4) is 0 Å². The van der Waals surface area contributed by atoms with Crippen molar-refractivity contribution in [3.05, 3.63) is 120 Å². The Bertz CT molecular complexity index is 1840. The molecule has 1 fully saturated rings. The number of nitrogens with one attached hydrogen (secondary N) is 2. The second kappa shape index (κ2) is 16.4. The summed E-state index contributed by atoms with van der Waals surface area (Å²) in [6.07, 6.45) is 5.61. The number of aliphatic hydroxyl groups excluding tert-OH is 1. The van der Waals surface area contributed by atoms with Crippen LogP contribution in [0.4, 0.5) is 17.1 Å². The Kier molecular flexibility index (Phi) is 11.3. The van der Waals surface area contributed by atoms with Gasteiger partial charge >= 0.3 is 0 Å². The van der Waals surface area contributed by atoms with E-state index in [1.807, 2.05) is 85.2 Å². The van der Waals surface area contributed by atoms with Gasteiger partial charge in [0.05, 0.1) is 54.1 Å². The number of imidazole rings is 1. The van der Waals surface area contributed by atoms with Gasteiger partial charge in [0, 0.05) is 30.5 Å². The van der Waals surface area contributed by atoms with Crippen LogP contribution in [0.3, 0.4) is 0 Å². The molecule has 4 aromatic carbocycles. The summed E-state index contributed by atoms with van der Waals surface area (Å²) in [7, 11) is 0. The molecule has 2 heterocycles. The van der Waals surface area contributed by atoms with E-state index in [0.29, 0.717) is 42.9 Å². The molecule has 0 saturated carbocycles. The summed E-state index contributed by atoms with van der Waals surface area (Å²) in [5.74, 6) is -0.105. The van der Waals surface area contributed by atoms with Gasteiger partial charge in [-0.2, -0.15) is 0 Å². The highest BCUT2D eigenvalue weighted by molar-refractivity contribution is 5.93. The van der Waals surface area contributed by atoms with Crippen LogP contribution >= 0.6 is 0 Å². The smallest absolute Gasteiger partial charge is 0.224 e. The van der Waals surface area contributed by atoms with Crippen LogP contribution in [0.5, 0.6) is 0 Å². The zero-order chi connectivity index (χ0) is 34.0. The number of hydrogen-bond acceptors (Lipinski definition) is 7. The van der Waals surface area contributed by atoms with Gasteiger partial charge in [0.25, 0.3) is 0 Å². The number of carbonyl (C=O) groups is 2. The van der Waals surface area contributed by atoms with Crippen molar-refractivity contribution in [2.24, 2.45) is 0 Å². The molecule has 1 aromatic heterocycles. The number of amides is 2. The predicted molar refractivity (Wildman–Crippen MR) is 190 cm³/mol. The van der Waals surface area contributed by atoms with Crippen LogP contribution in [0, 0.1) is 0 Å². The molecule has 0 aliphatic carbocycles. The van der Waals surface area contributed by atoms with Crippen molar-refractivity contribution >= 4 is 39.9 Å². The molecule has 0 radical (unpaired) electrons. The number of nitrogen functional groups attached to an aromatic ring is 1. The monoisotopic (exact) mass is 661 g/mol. The van der Waals surface area contributed by atoms with Crippen LogP contribution in [-0.2, 0) is 32.2 Å². The summed E-state index contributed by atoms with van der Waals surface area (Å²) < 4.78 is 15.1. The molecule has 6 rings (SSSR count). The van der Waals surface area contributed by atoms with E-state index in [1.165, 1.54) is 0 Å². The van der Waals surface area contributed by atoms with Gasteiger partial charge in [0.2, 0.25) is 11.8 Å². The number of aromatic nitrogens is 2. The first-order chi connectivity index (χ1) is 23.9. The van der Waals surface area contributed by atoms with Crippen molar-refractivity contribution in [3.63, 3.8) is 0 Å². The number of rotatable bonds is 14. The fourth-order valence-electron chi connectivity index (χ4n) is 6.10. The van der Waals surface area contributed by atoms with Gasteiger partial charge in [0.1, 0.15) is 0 Å². The van der Waals surface area contributed by atoms with E-state index >= 15 is 0 Å². The second-order valence-electron chi connectivity index (χ2n) is 12.5. The molecule has 1 aliphatic rings. The zero-order valence-electron chi connectivity index (χ0n) is 27.5. The van der Waals surface area contributed by atoms with Crippen LogP contribution in [-0.4, -0.2) is 32.6 Å². The van der Waals surface area contributed by atoms with Crippen LogP contribution in [0.2, 0.25) is 0 Å². The first kappa shape index (κ1) is 33.9. The molecule has 0 bridgehead atoms. The highest BCUT2D eigenvalue weighted by Crippen LogP contribution is 2.39. The zero-order valence-corrected chi connectivity index (χ0v) is 27.5. The van der Waals surface area contributed by atoms with E-state index in [-0.39, 0.29) is 30.6 Å². The van der Waals surface area contributed by atoms with Crippen molar-refractivity contribution in [1.29, 1.82) is 0 Å². The van der Waals surface area contributed by atoms with E-state index < -0.39 is 6.29 Å². The summed E-state index contributed by atoms with van der Waals surface area (Å²) in [6, 6.07) is 30.7. The fraction of sp³-hybridized carbons (Fsp3) is 0.308. The average Bonchev–Trinajstić information content (AvgIpc) is 3.53. The Hall–Kier alpha value is -5.03. The minimum Gasteiger partial charge on any atom is -0.397 e. The molecular weight excluding hydrogens is 618 g/mol. The molecule has 10 nitrogen and oxygen atoms in total. The first-order valence-electron chi connectivity index (χ1n) is 16.9. The Labute approximate surface area is 286 Å². The average molecular weight is 662 g/mol. The first-order valence-corrected chi connectivity index (χ1v) is 16.9. The SMILES string of the molecule is Nc1ccccc1NC(=O)CCCCCCC(=O)Nc1ccc([C@H]2O[C@@H](Cn3cnc4ccccc43)C[C@@H](c3ccc(CO)cc3)O2)cc1. The number of nitrogens with two attached hydrogens (primary N) is 1. The molecule has 2 amide bonds. The van der Waals surface area contributed by atoms with Gasteiger partial charge in [-0.25, -0.2) is 4.98 Å². The summed E-state index contributed by atoms with van der Waals surface area (Å²) in [5, 5.41) is 15.3. The van der Waals surface area contributed by atoms with Crippen molar-refractivity contribution < 1.29 is 24.2 Å². The van der Waals surface area contributed by atoms with Gasteiger partial charge in [-0.3, -0.25) is 9.59 Å². The summed E-state index contributed by atoms with van der Waals surface area (Å²) >= 11 is 0. The van der Waals surface area contributed by atoms with Crippen molar-refractivity contribution in [1.82, 2.24) is 9.55 Å². The minimum atomic E-state index is -0.604. The quantitative estimate of drug-likeness (QED) is 0.0724. The fourth-order valence-corrected chi connectivity index (χ4v) is 6.10. The molecule has 1 aliphatic heterocycles. The number of aliphatic hydroxyl groups is 1. The number of nitrogens with zero attached hydrogens (tertiary/aromatic N) is 2. The molecule has 254 valence electrons. The number of fused-ring (bicyclic) bond motifs is 1. The van der Waals surface area contributed by atoms with E-state index in [1.54, 1.807) is 12.1 Å². The molecule has 3 atom stereocenters. The predicted octanol–water partition coefficient (Wildman–Crippen LogP) is 7.27. The Balaban J connectivity index is 0.999. The van der Waals surface area contributed by atoms with Gasteiger partial charge in [-0.05, 0) is 60.4 Å². The Morgan fingerprint density at radius 1 is 0.796 bits per heavy atom. The number of benzene rings is 4. The Morgan fingerprint density at radius 3 is 2.20 bits per heavy atom. The third kappa shape index (κ3) is 9.11. The molecule has 49 heavy (non-hydrogen) atoms. The molecule has 10 heteroatoms. The topological polar surface area (TPSA) is 141 Å². The van der Waals surface area contributed by atoms with E-state index in [9.17, 15) is 14.7 Å². The van der Waals surface area contributed by atoms with Gasteiger partial charge in [0.15, 0.2) is 6.29 Å². The lowest BCUT2D eigenvalue weighted by molar-refractivity contribution is -0.252. The number of para-hydroxylation sites is 4. The van der Waals surface area contributed by atoms with Crippen molar-refractivity contribution in [2.75, 3.05) is 16.4 Å². The van der Waals surface area contributed by atoms with E-state index in [0.717, 1.165) is 53.4 Å². The maximum atomic E-state index is 12.6. The number of hydrogen-bond donors (Lipinski definition) is 4. The van der Waals surface area contributed by atoms with E-state index in [2.05, 4.69) is 26.3 Å². The molecule has 5 aromatic rings. The van der Waals surface area contributed by atoms with E-state index in [4.69, 9.17) is 15.2 Å². The molecule has 0 spiro atoms. The van der Waals surface area contributed by atoms with Gasteiger partial charge < -0.3 is 35.5 Å². The molecule has 1 saturated heterocycles. The maximum absolute atomic E-state index is 12.6. The number of anilines is 3. The van der Waals surface area contributed by atoms with Crippen molar-refractivity contribution in [2.45, 2.75) is 76.6 Å². The minimum absolute atomic E-state index is 0.0109. The second-order valence-corrected chi connectivity index (χ2v) is 12.5. The number of carbonyl (C=O) groups excluding carboxylic acids is 2.